The molecule has 0 amide bonds. The highest BCUT2D eigenvalue weighted by molar-refractivity contribution is 5.81. The van der Waals surface area contributed by atoms with Gasteiger partial charge < -0.3 is 15.0 Å². The van der Waals surface area contributed by atoms with Gasteiger partial charge in [0.15, 0.2) is 0 Å². The predicted molar refractivity (Wildman–Crippen MR) is 78.4 cm³/mol. The summed E-state index contributed by atoms with van der Waals surface area (Å²) in [6.07, 6.45) is 0. The molecule has 0 spiro atoms. The summed E-state index contributed by atoms with van der Waals surface area (Å²) in [5, 5.41) is 3.13. The molecule has 0 bridgehead atoms. The van der Waals surface area contributed by atoms with Gasteiger partial charge in [-0.3, -0.25) is 0 Å². The predicted octanol–water partition coefficient (Wildman–Crippen LogP) is 2.19. The Morgan fingerprint density at radius 1 is 1.40 bits per heavy atom. The average molecular weight is 282 g/mol. The van der Waals surface area contributed by atoms with Crippen molar-refractivity contribution >= 4 is 11.7 Å². The van der Waals surface area contributed by atoms with Crippen LogP contribution in [0.1, 0.15) is 20.8 Å². The number of rotatable bonds is 7. The molecular weight excluding hydrogens is 259 g/mol. The Hall–Kier alpha value is -1.62. The Labute approximate surface area is 119 Å². The Bertz CT molecular complexity index is 453. The van der Waals surface area contributed by atoms with Crippen molar-refractivity contribution in [3.63, 3.8) is 0 Å². The number of esters is 1. The standard InChI is InChI=1S/C15H23FN2O2/c1-5-17-15(3,14(19)20-6-2)11-18(4)13-10-8-7-9-12(13)16/h7-10,17H,5-6,11H2,1-4H3. The molecule has 1 aromatic rings. The normalized spacial score (nSPS) is 13.7. The Morgan fingerprint density at radius 2 is 2.05 bits per heavy atom. The first-order chi connectivity index (χ1) is 9.44. The quantitative estimate of drug-likeness (QED) is 0.778. The molecule has 0 fully saturated rings. The van der Waals surface area contributed by atoms with Gasteiger partial charge in [0, 0.05) is 13.6 Å². The van der Waals surface area contributed by atoms with Crippen molar-refractivity contribution in [1.29, 1.82) is 0 Å². The van der Waals surface area contributed by atoms with E-state index < -0.39 is 5.54 Å². The van der Waals surface area contributed by atoms with E-state index in [0.717, 1.165) is 0 Å². The molecule has 1 rings (SSSR count). The van der Waals surface area contributed by atoms with Gasteiger partial charge in [-0.05, 0) is 32.5 Å². The molecule has 0 aliphatic carbocycles. The van der Waals surface area contributed by atoms with Crippen molar-refractivity contribution in [2.24, 2.45) is 0 Å². The second kappa shape index (κ2) is 7.24. The molecule has 0 saturated carbocycles. The summed E-state index contributed by atoms with van der Waals surface area (Å²) < 4.78 is 18.9. The van der Waals surface area contributed by atoms with E-state index in [0.29, 0.717) is 25.4 Å². The minimum absolute atomic E-state index is 0.308. The molecule has 0 saturated heterocycles. The second-order valence-corrected chi connectivity index (χ2v) is 4.89. The van der Waals surface area contributed by atoms with E-state index in [4.69, 9.17) is 4.74 Å². The lowest BCUT2D eigenvalue weighted by Crippen LogP contribution is -2.57. The van der Waals surface area contributed by atoms with Crippen LogP contribution in [-0.2, 0) is 9.53 Å². The molecular formula is C15H23FN2O2. The smallest absolute Gasteiger partial charge is 0.327 e. The van der Waals surface area contributed by atoms with Gasteiger partial charge in [0.2, 0.25) is 0 Å². The van der Waals surface area contributed by atoms with E-state index in [1.807, 2.05) is 6.92 Å². The van der Waals surface area contributed by atoms with Crippen molar-refractivity contribution in [2.75, 3.05) is 31.6 Å². The zero-order chi connectivity index (χ0) is 15.2. The highest BCUT2D eigenvalue weighted by atomic mass is 19.1. The summed E-state index contributed by atoms with van der Waals surface area (Å²) in [5.41, 5.74) is -0.414. The average Bonchev–Trinajstić information content (AvgIpc) is 2.39. The maximum atomic E-state index is 13.8. The van der Waals surface area contributed by atoms with E-state index >= 15 is 0 Å². The summed E-state index contributed by atoms with van der Waals surface area (Å²) in [6, 6.07) is 6.50. The number of carbonyl (C=O) groups is 1. The first-order valence-electron chi connectivity index (χ1n) is 6.82. The van der Waals surface area contributed by atoms with E-state index in [1.165, 1.54) is 6.07 Å². The molecule has 1 aromatic carbocycles. The van der Waals surface area contributed by atoms with Crippen LogP contribution in [0, 0.1) is 5.82 Å². The molecule has 0 aliphatic rings. The maximum absolute atomic E-state index is 13.8. The van der Waals surface area contributed by atoms with Gasteiger partial charge in [0.1, 0.15) is 11.4 Å². The minimum Gasteiger partial charge on any atom is -0.465 e. The Balaban J connectivity index is 2.90. The van der Waals surface area contributed by atoms with Crippen molar-refractivity contribution in [3.8, 4) is 0 Å². The zero-order valence-electron chi connectivity index (χ0n) is 12.6. The van der Waals surface area contributed by atoms with Gasteiger partial charge in [-0.15, -0.1) is 0 Å². The van der Waals surface area contributed by atoms with E-state index in [2.05, 4.69) is 5.32 Å². The molecule has 112 valence electrons. The van der Waals surface area contributed by atoms with Gasteiger partial charge in [-0.25, -0.2) is 9.18 Å². The minimum atomic E-state index is -0.873. The zero-order valence-corrected chi connectivity index (χ0v) is 12.6. The van der Waals surface area contributed by atoms with Crippen LogP contribution in [0.5, 0.6) is 0 Å². The van der Waals surface area contributed by atoms with Crippen molar-refractivity contribution in [1.82, 2.24) is 5.32 Å². The number of hydrogen-bond donors (Lipinski definition) is 1. The molecule has 4 nitrogen and oxygen atoms in total. The van der Waals surface area contributed by atoms with Gasteiger partial charge in [0.25, 0.3) is 0 Å². The van der Waals surface area contributed by atoms with E-state index in [-0.39, 0.29) is 11.8 Å². The number of nitrogens with zero attached hydrogens (tertiary/aromatic N) is 1. The lowest BCUT2D eigenvalue weighted by atomic mass is 10.0. The van der Waals surface area contributed by atoms with Crippen LogP contribution in [0.15, 0.2) is 24.3 Å². The van der Waals surface area contributed by atoms with Crippen LogP contribution in [0.4, 0.5) is 10.1 Å². The number of hydrogen-bond acceptors (Lipinski definition) is 4. The number of benzene rings is 1. The maximum Gasteiger partial charge on any atom is 0.327 e. The second-order valence-electron chi connectivity index (χ2n) is 4.89. The van der Waals surface area contributed by atoms with Crippen LogP contribution >= 0.6 is 0 Å². The third-order valence-corrected chi connectivity index (χ3v) is 3.11. The molecule has 0 aromatic heterocycles. The molecule has 0 aliphatic heterocycles. The van der Waals surface area contributed by atoms with E-state index in [1.54, 1.807) is 44.0 Å². The van der Waals surface area contributed by atoms with E-state index in [9.17, 15) is 9.18 Å². The van der Waals surface area contributed by atoms with Crippen LogP contribution < -0.4 is 10.2 Å². The highest BCUT2D eigenvalue weighted by Crippen LogP contribution is 2.20. The summed E-state index contributed by atoms with van der Waals surface area (Å²) >= 11 is 0. The fourth-order valence-corrected chi connectivity index (χ4v) is 2.19. The third-order valence-electron chi connectivity index (χ3n) is 3.11. The lowest BCUT2D eigenvalue weighted by Gasteiger charge is -2.33. The molecule has 1 atom stereocenters. The summed E-state index contributed by atoms with van der Waals surface area (Å²) in [5.74, 6) is -0.636. The Morgan fingerprint density at radius 3 is 2.60 bits per heavy atom. The monoisotopic (exact) mass is 282 g/mol. The molecule has 0 radical (unpaired) electrons. The SMILES string of the molecule is CCNC(C)(CN(C)c1ccccc1F)C(=O)OCC. The molecule has 0 heterocycles. The number of likely N-dealkylation sites (N-methyl/N-ethyl adjacent to an activating group) is 2. The number of anilines is 1. The highest BCUT2D eigenvalue weighted by Gasteiger charge is 2.35. The van der Waals surface area contributed by atoms with Crippen molar-refractivity contribution in [3.05, 3.63) is 30.1 Å². The fourth-order valence-electron chi connectivity index (χ4n) is 2.19. The number of ether oxygens (including phenoxy) is 1. The van der Waals surface area contributed by atoms with Crippen LogP contribution in [-0.4, -0.2) is 38.3 Å². The lowest BCUT2D eigenvalue weighted by molar-refractivity contribution is -0.150. The number of carbonyl (C=O) groups excluding carboxylic acids is 1. The first-order valence-corrected chi connectivity index (χ1v) is 6.82. The number of para-hydroxylation sites is 1. The topological polar surface area (TPSA) is 41.6 Å². The van der Waals surface area contributed by atoms with Crippen molar-refractivity contribution < 1.29 is 13.9 Å². The number of halogens is 1. The molecule has 1 N–H and O–H groups in total. The summed E-state index contributed by atoms with van der Waals surface area (Å²) in [4.78, 5) is 13.8. The summed E-state index contributed by atoms with van der Waals surface area (Å²) in [7, 11) is 1.76. The fraction of sp³-hybridized carbons (Fsp3) is 0.533. The third kappa shape index (κ3) is 3.93. The van der Waals surface area contributed by atoms with Crippen LogP contribution in [0.3, 0.4) is 0 Å². The van der Waals surface area contributed by atoms with Crippen LogP contribution in [0.25, 0.3) is 0 Å². The summed E-state index contributed by atoms with van der Waals surface area (Å²) in [6.45, 7) is 6.72. The van der Waals surface area contributed by atoms with Gasteiger partial charge >= 0.3 is 5.97 Å². The Kier molecular flexibility index (Phi) is 5.95. The van der Waals surface area contributed by atoms with Gasteiger partial charge in [-0.1, -0.05) is 19.1 Å². The molecule has 20 heavy (non-hydrogen) atoms. The molecule has 5 heteroatoms. The largest absolute Gasteiger partial charge is 0.465 e. The molecule has 1 unspecified atom stereocenters. The van der Waals surface area contributed by atoms with Crippen LogP contribution in [0.2, 0.25) is 0 Å². The van der Waals surface area contributed by atoms with Gasteiger partial charge in [-0.2, -0.15) is 0 Å². The van der Waals surface area contributed by atoms with Gasteiger partial charge in [0.05, 0.1) is 12.3 Å². The van der Waals surface area contributed by atoms with Crippen molar-refractivity contribution in [2.45, 2.75) is 26.3 Å². The number of nitrogens with one attached hydrogen (secondary N) is 1. The first kappa shape index (κ1) is 16.4.